The zero-order valence-corrected chi connectivity index (χ0v) is 81.1. The molecule has 0 spiro atoms. The molecule has 0 bridgehead atoms. The van der Waals surface area contributed by atoms with E-state index < -0.39 is 362 Å². The Morgan fingerprint density at radius 2 is 0.388 bits per heavy atom. The molecule has 0 aromatic heterocycles. The Bertz CT molecular complexity index is 4220. The third-order valence-electron chi connectivity index (χ3n) is 22.0. The molecule has 1 aromatic carbocycles. The highest BCUT2D eigenvalue weighted by molar-refractivity contribution is 5.87. The Balaban J connectivity index is 3.68. The molecule has 1 rings (SSSR count). The maximum atomic E-state index is 14.4. The van der Waals surface area contributed by atoms with Crippen LogP contribution in [0.1, 0.15) is 161 Å². The van der Waals surface area contributed by atoms with Crippen molar-refractivity contribution < 1.29 is 244 Å². The van der Waals surface area contributed by atoms with Gasteiger partial charge in [-0.25, -0.2) is 14.4 Å². The van der Waals surface area contributed by atoms with E-state index in [-0.39, 0.29) is 57.1 Å². The Morgan fingerprint density at radius 1 is 0.209 bits per heavy atom. The minimum absolute atomic E-state index is 0.0211. The summed E-state index contributed by atoms with van der Waals surface area (Å²) in [5.74, 6) is -29.1. The second-order valence-corrected chi connectivity index (χ2v) is 38.1. The van der Waals surface area contributed by atoms with Crippen LogP contribution < -0.4 is 4.74 Å². The van der Waals surface area contributed by atoms with E-state index in [1.807, 2.05) is 0 Å². The first-order valence-electron chi connectivity index (χ1n) is 43.5. The first-order valence-corrected chi connectivity index (χ1v) is 43.5. The number of rotatable bonds is 67. The molecule has 0 heterocycles. The van der Waals surface area contributed by atoms with Crippen LogP contribution in [0.15, 0.2) is 24.3 Å². The molecule has 0 aliphatic rings. The lowest BCUT2D eigenvalue weighted by Crippen LogP contribution is -2.49. The number of hydrogen-bond donors (Lipinski definition) is 16. The molecule has 50 nitrogen and oxygen atoms in total. The van der Waals surface area contributed by atoms with E-state index in [1.54, 1.807) is 19.1 Å². The van der Waals surface area contributed by atoms with Gasteiger partial charge in [0.2, 0.25) is 0 Å². The van der Waals surface area contributed by atoms with Crippen molar-refractivity contribution >= 4 is 101 Å². The maximum Gasteiger partial charge on any atom is 0.366 e. The summed E-state index contributed by atoms with van der Waals surface area (Å²) in [5, 5.41) is 158. The van der Waals surface area contributed by atoms with Gasteiger partial charge in [0.15, 0.2) is 5.60 Å². The molecule has 794 valence electrons. The number of hydrogen-bond acceptors (Lipinski definition) is 50. The van der Waals surface area contributed by atoms with Gasteiger partial charge in [0.25, 0.3) is 11.6 Å². The van der Waals surface area contributed by atoms with Crippen molar-refractivity contribution in [3.05, 3.63) is 29.8 Å². The van der Waals surface area contributed by atoms with Crippen molar-refractivity contribution in [3.8, 4) is 5.75 Å². The highest BCUT2D eigenvalue weighted by Crippen LogP contribution is 2.35. The monoisotopic (exact) mass is 2010 g/mol. The fourth-order valence-corrected chi connectivity index (χ4v) is 10.0. The number of esters is 17. The van der Waals surface area contributed by atoms with E-state index >= 15 is 0 Å². The van der Waals surface area contributed by atoms with E-state index in [1.165, 1.54) is 19.1 Å². The lowest BCUT2D eigenvalue weighted by molar-refractivity contribution is -0.209. The molecular weight excluding hydrogens is 1870 g/mol. The molecule has 0 saturated carbocycles. The zero-order chi connectivity index (χ0) is 107. The summed E-state index contributed by atoms with van der Waals surface area (Å²) >= 11 is 0. The Hall–Kier alpha value is -10.4. The summed E-state index contributed by atoms with van der Waals surface area (Å²) in [4.78, 5) is 230. The van der Waals surface area contributed by atoms with E-state index in [4.69, 9.17) is 80.5 Å². The predicted octanol–water partition coefficient (Wildman–Crippen LogP) is -4.14. The van der Waals surface area contributed by atoms with Crippen molar-refractivity contribution in [1.82, 2.24) is 0 Å². The van der Waals surface area contributed by atoms with Crippen LogP contribution in [0.5, 0.6) is 5.75 Å². The largest absolute Gasteiger partial charge is 0.465 e. The molecule has 50 heteroatoms. The van der Waals surface area contributed by atoms with E-state index in [9.17, 15) is 163 Å². The number of aryl methyl sites for hydroxylation is 1. The van der Waals surface area contributed by atoms with Crippen LogP contribution in [0.2, 0.25) is 0 Å². The van der Waals surface area contributed by atoms with Crippen LogP contribution in [0.3, 0.4) is 0 Å². The predicted molar refractivity (Wildman–Crippen MR) is 461 cm³/mol. The van der Waals surface area contributed by atoms with Gasteiger partial charge in [-0.05, 0) is 148 Å². The number of carbonyl (C=O) groups is 17. The highest BCUT2D eigenvalue weighted by Gasteiger charge is 2.53. The van der Waals surface area contributed by atoms with Gasteiger partial charge in [0.05, 0.1) is 85.9 Å². The summed E-state index contributed by atoms with van der Waals surface area (Å²) in [5.41, 5.74) is -27.7. The Kier molecular flexibility index (Phi) is 50.2. The number of aliphatic hydroxyl groups is 16. The number of benzene rings is 1. The van der Waals surface area contributed by atoms with Gasteiger partial charge in [0.1, 0.15) is 163 Å². The first kappa shape index (κ1) is 127. The fourth-order valence-electron chi connectivity index (χ4n) is 10.0. The van der Waals surface area contributed by atoms with Crippen molar-refractivity contribution in [2.75, 3.05) is 178 Å². The summed E-state index contributed by atoms with van der Waals surface area (Å²) in [6, 6.07) is 6.11. The average Bonchev–Trinajstić information content (AvgIpc) is 0.816. The van der Waals surface area contributed by atoms with Crippen molar-refractivity contribution in [2.45, 2.75) is 179 Å². The Morgan fingerprint density at radius 3 is 0.590 bits per heavy atom. The van der Waals surface area contributed by atoms with Crippen molar-refractivity contribution in [3.63, 3.8) is 0 Å². The van der Waals surface area contributed by atoms with Gasteiger partial charge in [0, 0.05) is 26.7 Å². The first-order chi connectivity index (χ1) is 64.1. The quantitative estimate of drug-likeness (QED) is 0.00968. The third-order valence-corrected chi connectivity index (χ3v) is 22.0. The van der Waals surface area contributed by atoms with Gasteiger partial charge < -0.3 is 162 Å². The van der Waals surface area contributed by atoms with Crippen LogP contribution in [-0.4, -0.2) is 379 Å². The molecule has 0 fully saturated rings. The summed E-state index contributed by atoms with van der Waals surface area (Å²) in [6.07, 6.45) is -0.840. The third kappa shape index (κ3) is 38.5. The van der Waals surface area contributed by atoms with Crippen LogP contribution in [0.4, 0.5) is 0 Å². The molecule has 0 radical (unpaired) electrons. The van der Waals surface area contributed by atoms with Gasteiger partial charge in [-0.15, -0.1) is 0 Å². The molecule has 0 amide bonds. The number of carbonyl (C=O) groups excluding carboxylic acids is 17. The zero-order valence-electron chi connectivity index (χ0n) is 81.1. The number of aliphatic hydroxyl groups excluding tert-OH is 11. The van der Waals surface area contributed by atoms with Crippen molar-refractivity contribution in [2.24, 2.45) is 65.0 Å². The molecule has 7 unspecified atom stereocenters. The second-order valence-electron chi connectivity index (χ2n) is 38.1. The molecule has 1 aromatic rings. The van der Waals surface area contributed by atoms with Gasteiger partial charge >= 0.3 is 101 Å². The lowest BCUT2D eigenvalue weighted by Gasteiger charge is -2.33. The van der Waals surface area contributed by atoms with E-state index in [0.717, 1.165) is 88.6 Å². The molecule has 0 saturated heterocycles. The standard InChI is InChI=1S/C89H138O50/c1-56-25-27-57(28-26-56)139-71(114)86(13,43-126-59(102)24-20-18-22-30-124-66(109)81(8,47-135-70(113)85(12,55-138-74(117)89(16,121)122)52-131-64(107)79(6,39-98)40-99)45-133-68(111)83(10,53-136-72(115)87(14,118)41-100)50-129-62(105)77(4,35-94)36-95)42-125-58(101)23-19-17-21-29-123-65(108)80(7,46-134-69(112)84(11,54-137-73(116)88(15,119)120)51-130-63(106)78(5,37-96)38-97)44-132-67(110)82(9,48-127-60(103)75(2,31-90)32-91)49-128-61(104)76(3,33-92)34-93/h25-28,90-100,118-122H,17-24,29-55H2,1-16H3. The molecule has 7 atom stereocenters. The highest BCUT2D eigenvalue weighted by atomic mass is 16.6. The van der Waals surface area contributed by atoms with E-state index in [2.05, 4.69) is 0 Å². The molecule has 16 N–H and O–H groups in total. The maximum absolute atomic E-state index is 14.4. The SMILES string of the molecule is Cc1ccc(OC(=O)C(C)(COC(=O)CCCCCOC(=O)C(C)(COC(=O)C(C)(COC(=O)C(C)(O)O)COC(=O)C(C)(CO)CO)COC(=O)C(C)(COC(=O)C(C)(O)CO)COC(=O)C(C)(CO)CO)COC(=O)CCCCCOC(=O)C(C)(COC(=O)C(C)(COC(=O)C(C)(O)O)COC(=O)C(C)(CO)CO)COC(=O)C(C)(COC(=O)C(C)(CO)CO)COC(=O)C(C)(CO)CO)cc1. The summed E-state index contributed by atoms with van der Waals surface area (Å²) in [6.45, 7) is -10.7. The topological polar surface area (TPSA) is 771 Å². The smallest absolute Gasteiger partial charge is 0.366 e. The van der Waals surface area contributed by atoms with Gasteiger partial charge in [-0.3, -0.25) is 67.1 Å². The van der Waals surface area contributed by atoms with Gasteiger partial charge in [-0.2, -0.15) is 0 Å². The van der Waals surface area contributed by atoms with Crippen LogP contribution in [-0.2, 0) is 157 Å². The van der Waals surface area contributed by atoms with Crippen LogP contribution in [0.25, 0.3) is 0 Å². The average molecular weight is 2010 g/mol. The Labute approximate surface area is 800 Å². The van der Waals surface area contributed by atoms with Gasteiger partial charge in [-0.1, -0.05) is 17.7 Å². The minimum atomic E-state index is -3.16. The van der Waals surface area contributed by atoms with E-state index in [0.29, 0.717) is 13.8 Å². The molecule has 0 aliphatic carbocycles. The second kappa shape index (κ2) is 55.1. The van der Waals surface area contributed by atoms with Crippen LogP contribution >= 0.6 is 0 Å². The summed E-state index contributed by atoms with van der Waals surface area (Å²) < 4.78 is 91.2. The molecule has 139 heavy (non-hydrogen) atoms. The normalized spacial score (nSPS) is 15.2. The minimum Gasteiger partial charge on any atom is -0.465 e. The van der Waals surface area contributed by atoms with Crippen molar-refractivity contribution in [1.29, 1.82) is 0 Å². The molecule has 0 aliphatic heterocycles. The molecular formula is C89H138O50. The van der Waals surface area contributed by atoms with Crippen LogP contribution in [0, 0.1) is 71.9 Å². The lowest BCUT2D eigenvalue weighted by atomic mass is 9.89. The fraction of sp³-hybridized carbons (Fsp3) is 0.742. The number of unbranched alkanes of at least 4 members (excludes halogenated alkanes) is 4. The summed E-state index contributed by atoms with van der Waals surface area (Å²) in [7, 11) is 0. The number of ether oxygens (including phenoxy) is 17.